The Morgan fingerprint density at radius 3 is 1.73 bits per heavy atom. The highest BCUT2D eigenvalue weighted by molar-refractivity contribution is 6.04. The van der Waals surface area contributed by atoms with E-state index in [0.717, 1.165) is 6.20 Å². The Labute approximate surface area is 167 Å². The number of carbonyl (C=O) groups is 3. The van der Waals surface area contributed by atoms with E-state index in [4.69, 9.17) is 5.73 Å². The molecule has 0 unspecified atom stereocenters. The summed E-state index contributed by atoms with van der Waals surface area (Å²) in [5.41, 5.74) is 5.18. The SMILES string of the molecule is Cn1cc(NC(=O)c2nc(NC(=O)c3nc([N+](=O)[O-])cn3C)cn2C)nc1C(N)=O. The molecule has 3 heterocycles. The molecule has 0 saturated heterocycles. The number of hydrogen-bond donors (Lipinski definition) is 3. The van der Waals surface area contributed by atoms with Gasteiger partial charge >= 0.3 is 17.5 Å². The molecule has 15 nitrogen and oxygen atoms in total. The van der Waals surface area contributed by atoms with Crippen LogP contribution in [0.2, 0.25) is 0 Å². The Hall–Kier alpha value is -4.56. The highest BCUT2D eigenvalue weighted by Crippen LogP contribution is 2.14. The van der Waals surface area contributed by atoms with Crippen molar-refractivity contribution in [3.8, 4) is 0 Å². The second-order valence-corrected chi connectivity index (χ2v) is 6.18. The number of imidazole rings is 3. The first-order valence-electron chi connectivity index (χ1n) is 8.23. The van der Waals surface area contributed by atoms with Crippen molar-refractivity contribution in [3.05, 3.63) is 46.2 Å². The van der Waals surface area contributed by atoms with Gasteiger partial charge in [-0.05, 0) is 9.91 Å². The van der Waals surface area contributed by atoms with E-state index >= 15 is 0 Å². The lowest BCUT2D eigenvalue weighted by Gasteiger charge is -2.00. The van der Waals surface area contributed by atoms with Crippen molar-refractivity contribution in [1.29, 1.82) is 0 Å². The van der Waals surface area contributed by atoms with Gasteiger partial charge in [-0.15, -0.1) is 0 Å². The summed E-state index contributed by atoms with van der Waals surface area (Å²) in [5, 5.41) is 15.7. The van der Waals surface area contributed by atoms with E-state index in [1.54, 1.807) is 7.05 Å². The Kier molecular flexibility index (Phi) is 5.02. The van der Waals surface area contributed by atoms with E-state index in [1.807, 2.05) is 0 Å². The van der Waals surface area contributed by atoms with Crippen molar-refractivity contribution in [1.82, 2.24) is 28.7 Å². The molecule has 3 amide bonds. The molecule has 3 aromatic heterocycles. The fourth-order valence-corrected chi connectivity index (χ4v) is 2.59. The van der Waals surface area contributed by atoms with Crippen molar-refractivity contribution in [2.24, 2.45) is 26.9 Å². The molecule has 3 aromatic rings. The van der Waals surface area contributed by atoms with E-state index in [2.05, 4.69) is 25.6 Å². The summed E-state index contributed by atoms with van der Waals surface area (Å²) >= 11 is 0. The number of nitro groups is 1. The summed E-state index contributed by atoms with van der Waals surface area (Å²) in [5.74, 6) is -2.83. The zero-order valence-corrected chi connectivity index (χ0v) is 16.0. The standard InChI is InChI=1S/C15H16N10O5/c1-22-4-7(17-11(22)10(16)26)19-14(27)12-18-8(5-23(12)2)20-15(28)13-21-9(25(29)30)6-24(13)3/h4-6H,1-3H3,(H2,16,26)(H,19,27)(H,20,28). The number of nitrogens with two attached hydrogens (primary N) is 1. The highest BCUT2D eigenvalue weighted by Gasteiger charge is 2.25. The molecule has 15 heteroatoms. The van der Waals surface area contributed by atoms with Crippen LogP contribution >= 0.6 is 0 Å². The van der Waals surface area contributed by atoms with E-state index in [9.17, 15) is 24.5 Å². The fraction of sp³-hybridized carbons (Fsp3) is 0.200. The van der Waals surface area contributed by atoms with E-state index in [0.29, 0.717) is 0 Å². The number of amides is 3. The van der Waals surface area contributed by atoms with Crippen LogP contribution in [0.15, 0.2) is 18.6 Å². The van der Waals surface area contributed by atoms with Gasteiger partial charge in [0, 0.05) is 33.5 Å². The number of anilines is 2. The number of primary amides is 1. The van der Waals surface area contributed by atoms with Gasteiger partial charge in [-0.1, -0.05) is 0 Å². The second-order valence-electron chi connectivity index (χ2n) is 6.18. The summed E-state index contributed by atoms with van der Waals surface area (Å²) in [6.45, 7) is 0. The highest BCUT2D eigenvalue weighted by atomic mass is 16.6. The summed E-state index contributed by atoms with van der Waals surface area (Å²) in [6, 6.07) is 0. The van der Waals surface area contributed by atoms with E-state index in [1.165, 1.54) is 40.2 Å². The molecular weight excluding hydrogens is 400 g/mol. The number of aryl methyl sites for hydroxylation is 3. The molecule has 0 saturated carbocycles. The molecule has 0 aliphatic rings. The smallest absolute Gasteiger partial charge is 0.363 e. The molecule has 0 spiro atoms. The third-order valence-corrected chi connectivity index (χ3v) is 3.91. The third-order valence-electron chi connectivity index (χ3n) is 3.91. The quantitative estimate of drug-likeness (QED) is 0.349. The first kappa shape index (κ1) is 20.2. The van der Waals surface area contributed by atoms with Gasteiger partial charge in [-0.25, -0.2) is 9.97 Å². The minimum atomic E-state index is -0.755. The van der Waals surface area contributed by atoms with Crippen molar-refractivity contribution in [3.63, 3.8) is 0 Å². The molecule has 0 bridgehead atoms. The summed E-state index contributed by atoms with van der Waals surface area (Å²) in [6.07, 6.45) is 3.87. The molecule has 0 aliphatic carbocycles. The van der Waals surface area contributed by atoms with Gasteiger partial charge in [0.25, 0.3) is 11.8 Å². The average Bonchev–Trinajstić information content (AvgIpc) is 3.31. The monoisotopic (exact) mass is 416 g/mol. The molecule has 0 radical (unpaired) electrons. The predicted octanol–water partition coefficient (Wildman–Crippen LogP) is -0.601. The largest absolute Gasteiger partial charge is 0.382 e. The Bertz CT molecular complexity index is 1190. The van der Waals surface area contributed by atoms with Crippen LogP contribution in [-0.4, -0.2) is 51.3 Å². The van der Waals surface area contributed by atoms with Gasteiger partial charge in [-0.2, -0.15) is 0 Å². The van der Waals surface area contributed by atoms with Crippen LogP contribution < -0.4 is 16.4 Å². The summed E-state index contributed by atoms with van der Waals surface area (Å²) < 4.78 is 3.90. The van der Waals surface area contributed by atoms with Gasteiger partial charge < -0.3 is 40.2 Å². The Balaban J connectivity index is 1.75. The summed E-state index contributed by atoms with van der Waals surface area (Å²) in [4.78, 5) is 57.7. The zero-order valence-electron chi connectivity index (χ0n) is 16.0. The first-order valence-corrected chi connectivity index (χ1v) is 8.23. The van der Waals surface area contributed by atoms with Gasteiger partial charge in [0.15, 0.2) is 11.6 Å². The minimum Gasteiger partial charge on any atom is -0.363 e. The maximum atomic E-state index is 12.5. The van der Waals surface area contributed by atoms with E-state index in [-0.39, 0.29) is 29.1 Å². The predicted molar refractivity (Wildman–Crippen MR) is 101 cm³/mol. The van der Waals surface area contributed by atoms with Crippen LogP contribution in [0.1, 0.15) is 31.9 Å². The van der Waals surface area contributed by atoms with Gasteiger partial charge in [0.1, 0.15) is 6.20 Å². The normalized spacial score (nSPS) is 10.6. The molecule has 156 valence electrons. The van der Waals surface area contributed by atoms with Crippen molar-refractivity contribution < 1.29 is 19.3 Å². The number of aromatic nitrogens is 6. The molecule has 0 aliphatic heterocycles. The number of carbonyl (C=O) groups excluding carboxylic acids is 3. The lowest BCUT2D eigenvalue weighted by atomic mass is 10.5. The van der Waals surface area contributed by atoms with Crippen LogP contribution in [0.25, 0.3) is 0 Å². The molecule has 4 N–H and O–H groups in total. The van der Waals surface area contributed by atoms with Crippen molar-refractivity contribution in [2.45, 2.75) is 0 Å². The van der Waals surface area contributed by atoms with Crippen LogP contribution in [0.3, 0.4) is 0 Å². The lowest BCUT2D eigenvalue weighted by Crippen LogP contribution is -2.18. The molecule has 0 aromatic carbocycles. The van der Waals surface area contributed by atoms with Crippen molar-refractivity contribution in [2.75, 3.05) is 10.6 Å². The van der Waals surface area contributed by atoms with Gasteiger partial charge in [0.2, 0.25) is 11.6 Å². The minimum absolute atomic E-state index is 0.0251. The maximum Gasteiger partial charge on any atom is 0.382 e. The second kappa shape index (κ2) is 7.46. The first-order chi connectivity index (χ1) is 14.1. The number of nitrogens with zero attached hydrogens (tertiary/aromatic N) is 7. The van der Waals surface area contributed by atoms with Crippen LogP contribution in [-0.2, 0) is 21.1 Å². The maximum absolute atomic E-state index is 12.5. The molecule has 0 atom stereocenters. The van der Waals surface area contributed by atoms with Gasteiger partial charge in [0.05, 0.1) is 0 Å². The van der Waals surface area contributed by atoms with Crippen LogP contribution in [0.5, 0.6) is 0 Å². The Morgan fingerprint density at radius 2 is 1.30 bits per heavy atom. The summed E-state index contributed by atoms with van der Waals surface area (Å²) in [7, 11) is 4.50. The number of hydrogen-bond acceptors (Lipinski definition) is 8. The number of rotatable bonds is 6. The molecular formula is C15H16N10O5. The molecule has 3 rings (SSSR count). The van der Waals surface area contributed by atoms with Gasteiger partial charge in [-0.3, -0.25) is 14.4 Å². The van der Waals surface area contributed by atoms with Crippen molar-refractivity contribution >= 4 is 35.2 Å². The van der Waals surface area contributed by atoms with E-state index < -0.39 is 28.5 Å². The lowest BCUT2D eigenvalue weighted by molar-refractivity contribution is -0.389. The molecule has 30 heavy (non-hydrogen) atoms. The topological polar surface area (TPSA) is 198 Å². The van der Waals surface area contributed by atoms with Crippen LogP contribution in [0, 0.1) is 10.1 Å². The third kappa shape index (κ3) is 3.84. The average molecular weight is 416 g/mol. The number of nitrogens with one attached hydrogen (secondary N) is 2. The fourth-order valence-electron chi connectivity index (χ4n) is 2.59. The Morgan fingerprint density at radius 1 is 0.867 bits per heavy atom. The zero-order chi connectivity index (χ0) is 22.2. The molecule has 0 fully saturated rings. The van der Waals surface area contributed by atoms with Crippen LogP contribution in [0.4, 0.5) is 17.5 Å².